The molecule has 1 aliphatic rings. The molecule has 0 saturated carbocycles. The van der Waals surface area contributed by atoms with Crippen molar-refractivity contribution in [1.29, 1.82) is 0 Å². The summed E-state index contributed by atoms with van der Waals surface area (Å²) in [6.45, 7) is 8.88. The zero-order valence-corrected chi connectivity index (χ0v) is 19.8. The summed E-state index contributed by atoms with van der Waals surface area (Å²) < 4.78 is 2.03. The van der Waals surface area contributed by atoms with Gasteiger partial charge in [0.15, 0.2) is 5.69 Å². The van der Waals surface area contributed by atoms with Crippen molar-refractivity contribution in [2.75, 3.05) is 18.4 Å². The summed E-state index contributed by atoms with van der Waals surface area (Å²) >= 11 is 0. The quantitative estimate of drug-likeness (QED) is 0.430. The van der Waals surface area contributed by atoms with Crippen LogP contribution in [0.1, 0.15) is 53.2 Å². The van der Waals surface area contributed by atoms with Crippen LogP contribution in [0.25, 0.3) is 22.3 Å². The molecule has 176 valence electrons. The SMILES string of the molecule is CC(=O)N1CCC(n2cc(-c3cc4cc(NC(=O)c5n[nH]c(C)c5C)cnc4[nH]3)c(C)n2)CC1. The number of nitrogens with one attached hydrogen (secondary N) is 3. The first-order valence-corrected chi connectivity index (χ1v) is 11.4. The molecule has 1 fully saturated rings. The van der Waals surface area contributed by atoms with E-state index in [9.17, 15) is 9.59 Å². The Balaban J connectivity index is 1.35. The summed E-state index contributed by atoms with van der Waals surface area (Å²) in [7, 11) is 0. The van der Waals surface area contributed by atoms with E-state index in [1.165, 1.54) is 0 Å². The number of aromatic amines is 2. The van der Waals surface area contributed by atoms with Crippen molar-refractivity contribution >= 4 is 28.5 Å². The summed E-state index contributed by atoms with van der Waals surface area (Å²) in [5, 5.41) is 15.5. The number of hydrogen-bond donors (Lipinski definition) is 3. The Hall–Kier alpha value is -3.95. The van der Waals surface area contributed by atoms with Gasteiger partial charge in [0.05, 0.1) is 29.3 Å². The minimum Gasteiger partial charge on any atom is -0.343 e. The van der Waals surface area contributed by atoms with E-state index in [1.807, 2.05) is 42.5 Å². The maximum Gasteiger partial charge on any atom is 0.276 e. The fourth-order valence-corrected chi connectivity index (χ4v) is 4.50. The Morgan fingerprint density at radius 3 is 2.59 bits per heavy atom. The molecule has 5 heterocycles. The lowest BCUT2D eigenvalue weighted by atomic mass is 10.1. The minimum absolute atomic E-state index is 0.131. The topological polar surface area (TPSA) is 125 Å². The van der Waals surface area contributed by atoms with Crippen molar-refractivity contribution in [3.63, 3.8) is 0 Å². The van der Waals surface area contributed by atoms with Gasteiger partial charge in [0.1, 0.15) is 5.65 Å². The fourth-order valence-electron chi connectivity index (χ4n) is 4.50. The number of carbonyl (C=O) groups is 2. The molecule has 34 heavy (non-hydrogen) atoms. The van der Waals surface area contributed by atoms with E-state index in [2.05, 4.69) is 31.7 Å². The molecule has 0 atom stereocenters. The smallest absolute Gasteiger partial charge is 0.276 e. The van der Waals surface area contributed by atoms with Crippen LogP contribution in [0, 0.1) is 20.8 Å². The number of carbonyl (C=O) groups excluding carboxylic acids is 2. The number of aryl methyl sites for hydroxylation is 2. The molecule has 0 aromatic carbocycles. The van der Waals surface area contributed by atoms with E-state index in [4.69, 9.17) is 5.10 Å². The van der Waals surface area contributed by atoms with Gasteiger partial charge in [0, 0.05) is 48.4 Å². The number of likely N-dealkylation sites (tertiary alicyclic amines) is 1. The number of H-pyrrole nitrogens is 2. The molecular formula is C24H28N8O2. The minimum atomic E-state index is -0.272. The van der Waals surface area contributed by atoms with Gasteiger partial charge in [-0.05, 0) is 45.7 Å². The monoisotopic (exact) mass is 460 g/mol. The molecule has 10 heteroatoms. The van der Waals surface area contributed by atoms with Crippen LogP contribution in [0.5, 0.6) is 0 Å². The average Bonchev–Trinajstić information content (AvgIpc) is 3.50. The predicted molar refractivity (Wildman–Crippen MR) is 129 cm³/mol. The predicted octanol–water partition coefficient (Wildman–Crippen LogP) is 3.51. The second-order valence-electron chi connectivity index (χ2n) is 8.97. The van der Waals surface area contributed by atoms with Crippen molar-refractivity contribution in [2.24, 2.45) is 0 Å². The van der Waals surface area contributed by atoms with Crippen molar-refractivity contribution in [2.45, 2.75) is 46.6 Å². The van der Waals surface area contributed by atoms with Gasteiger partial charge in [-0.25, -0.2) is 4.98 Å². The van der Waals surface area contributed by atoms with Crippen LogP contribution in [0.3, 0.4) is 0 Å². The Labute approximate surface area is 196 Å². The lowest BCUT2D eigenvalue weighted by Gasteiger charge is -2.31. The molecule has 0 radical (unpaired) electrons. The van der Waals surface area contributed by atoms with E-state index in [0.717, 1.165) is 65.2 Å². The second kappa shape index (κ2) is 8.44. The molecule has 0 bridgehead atoms. The molecule has 4 aromatic heterocycles. The van der Waals surface area contributed by atoms with E-state index >= 15 is 0 Å². The van der Waals surface area contributed by atoms with Gasteiger partial charge < -0.3 is 15.2 Å². The first-order valence-electron chi connectivity index (χ1n) is 11.4. The Morgan fingerprint density at radius 1 is 1.15 bits per heavy atom. The second-order valence-corrected chi connectivity index (χ2v) is 8.97. The highest BCUT2D eigenvalue weighted by Crippen LogP contribution is 2.30. The molecule has 3 N–H and O–H groups in total. The lowest BCUT2D eigenvalue weighted by Crippen LogP contribution is -2.37. The number of amides is 2. The highest BCUT2D eigenvalue weighted by Gasteiger charge is 2.24. The number of hydrogen-bond acceptors (Lipinski definition) is 5. The maximum atomic E-state index is 12.6. The van der Waals surface area contributed by atoms with Crippen LogP contribution in [0.4, 0.5) is 5.69 Å². The normalized spacial score (nSPS) is 14.6. The number of piperidine rings is 1. The first kappa shape index (κ1) is 21.9. The maximum absolute atomic E-state index is 12.6. The summed E-state index contributed by atoms with van der Waals surface area (Å²) in [5.41, 5.74) is 6.29. The van der Waals surface area contributed by atoms with E-state index < -0.39 is 0 Å². The van der Waals surface area contributed by atoms with E-state index in [1.54, 1.807) is 13.1 Å². The van der Waals surface area contributed by atoms with Crippen molar-refractivity contribution in [3.05, 3.63) is 47.2 Å². The first-order chi connectivity index (χ1) is 16.3. The van der Waals surface area contributed by atoms with Gasteiger partial charge in [-0.3, -0.25) is 19.4 Å². The highest BCUT2D eigenvalue weighted by molar-refractivity contribution is 6.04. The van der Waals surface area contributed by atoms with Crippen LogP contribution in [-0.4, -0.2) is 59.7 Å². The Kier molecular flexibility index (Phi) is 5.43. The molecule has 0 unspecified atom stereocenters. The third-order valence-electron chi connectivity index (χ3n) is 6.69. The van der Waals surface area contributed by atoms with Gasteiger partial charge in [0.2, 0.25) is 5.91 Å². The van der Waals surface area contributed by atoms with Gasteiger partial charge in [0.25, 0.3) is 5.91 Å². The molecule has 0 aliphatic carbocycles. The van der Waals surface area contributed by atoms with E-state index in [0.29, 0.717) is 11.4 Å². The third-order valence-corrected chi connectivity index (χ3v) is 6.69. The average molecular weight is 461 g/mol. The zero-order valence-electron chi connectivity index (χ0n) is 19.8. The third kappa shape index (κ3) is 3.95. The molecule has 1 saturated heterocycles. The Morgan fingerprint density at radius 2 is 1.91 bits per heavy atom. The van der Waals surface area contributed by atoms with Crippen molar-refractivity contribution in [3.8, 4) is 11.3 Å². The van der Waals surface area contributed by atoms with Crippen LogP contribution in [-0.2, 0) is 4.79 Å². The number of anilines is 1. The van der Waals surface area contributed by atoms with Crippen LogP contribution < -0.4 is 5.32 Å². The summed E-state index contributed by atoms with van der Waals surface area (Å²) in [6.07, 6.45) is 5.49. The molecule has 2 amide bonds. The number of aromatic nitrogens is 6. The van der Waals surface area contributed by atoms with Gasteiger partial charge in [-0.1, -0.05) is 0 Å². The highest BCUT2D eigenvalue weighted by atomic mass is 16.2. The number of pyridine rings is 1. The van der Waals surface area contributed by atoms with Gasteiger partial charge in [-0.15, -0.1) is 0 Å². The van der Waals surface area contributed by atoms with Crippen LogP contribution in [0.15, 0.2) is 24.5 Å². The zero-order chi connectivity index (χ0) is 24.0. The largest absolute Gasteiger partial charge is 0.343 e. The Bertz CT molecular complexity index is 1390. The summed E-state index contributed by atoms with van der Waals surface area (Å²) in [6, 6.07) is 4.20. The lowest BCUT2D eigenvalue weighted by molar-refractivity contribution is -0.130. The van der Waals surface area contributed by atoms with Crippen molar-refractivity contribution in [1.82, 2.24) is 34.8 Å². The molecule has 0 spiro atoms. The molecular weight excluding hydrogens is 432 g/mol. The van der Waals surface area contributed by atoms with Crippen LogP contribution >= 0.6 is 0 Å². The summed E-state index contributed by atoms with van der Waals surface area (Å²) in [5.74, 6) is -0.141. The number of rotatable bonds is 4. The van der Waals surface area contributed by atoms with Gasteiger partial charge >= 0.3 is 0 Å². The molecule has 4 aromatic rings. The number of fused-ring (bicyclic) bond motifs is 1. The fraction of sp³-hybridized carbons (Fsp3) is 0.375. The van der Waals surface area contributed by atoms with Gasteiger partial charge in [-0.2, -0.15) is 10.2 Å². The van der Waals surface area contributed by atoms with E-state index in [-0.39, 0.29) is 17.9 Å². The molecule has 1 aliphatic heterocycles. The molecule has 10 nitrogen and oxygen atoms in total. The van der Waals surface area contributed by atoms with Crippen molar-refractivity contribution < 1.29 is 9.59 Å². The molecule has 5 rings (SSSR count). The number of nitrogens with zero attached hydrogens (tertiary/aromatic N) is 5. The van der Waals surface area contributed by atoms with Crippen LogP contribution in [0.2, 0.25) is 0 Å². The summed E-state index contributed by atoms with van der Waals surface area (Å²) in [4.78, 5) is 34.0. The standard InChI is InChI=1S/C24H28N8O2/c1-13-14(2)28-29-22(13)24(34)26-18-9-17-10-21(27-23(17)25-11-18)20-12-32(30-15(20)3)19-5-7-31(8-6-19)16(4)33/h9-12,19H,5-8H2,1-4H3,(H,25,27)(H,26,34)(H,28,29).